The molecular formula is C13H19FN2. The quantitative estimate of drug-likeness (QED) is 0.853. The summed E-state index contributed by atoms with van der Waals surface area (Å²) in [4.78, 5) is 3.89. The van der Waals surface area contributed by atoms with E-state index in [4.69, 9.17) is 5.73 Å². The lowest BCUT2D eigenvalue weighted by molar-refractivity contribution is 0.221. The molecule has 1 unspecified atom stereocenters. The summed E-state index contributed by atoms with van der Waals surface area (Å²) < 4.78 is 13.1. The molecule has 0 saturated heterocycles. The summed E-state index contributed by atoms with van der Waals surface area (Å²) in [5.41, 5.74) is 7.31. The second kappa shape index (κ2) is 4.50. The molecule has 0 aromatic carbocycles. The van der Waals surface area contributed by atoms with E-state index in [-0.39, 0.29) is 17.3 Å². The van der Waals surface area contributed by atoms with Crippen molar-refractivity contribution < 1.29 is 4.39 Å². The minimum absolute atomic E-state index is 0.0804. The van der Waals surface area contributed by atoms with Gasteiger partial charge < -0.3 is 5.73 Å². The summed E-state index contributed by atoms with van der Waals surface area (Å²) in [6.07, 6.45) is 8.77. The zero-order valence-corrected chi connectivity index (χ0v) is 9.75. The third kappa shape index (κ3) is 1.96. The Morgan fingerprint density at radius 1 is 1.44 bits per heavy atom. The number of rotatable bonds is 3. The third-order valence-corrected chi connectivity index (χ3v) is 4.05. The van der Waals surface area contributed by atoms with Gasteiger partial charge in [-0.2, -0.15) is 0 Å². The van der Waals surface area contributed by atoms with Gasteiger partial charge in [0.05, 0.1) is 6.20 Å². The molecule has 1 aromatic heterocycles. The lowest BCUT2D eigenvalue weighted by atomic mass is 9.74. The first-order valence-electron chi connectivity index (χ1n) is 6.04. The number of halogens is 1. The van der Waals surface area contributed by atoms with Gasteiger partial charge in [-0.25, -0.2) is 4.39 Å². The van der Waals surface area contributed by atoms with Crippen molar-refractivity contribution in [2.45, 2.75) is 45.1 Å². The third-order valence-electron chi connectivity index (χ3n) is 4.05. The molecule has 0 bridgehead atoms. The molecule has 1 aliphatic carbocycles. The van der Waals surface area contributed by atoms with Crippen molar-refractivity contribution in [2.75, 3.05) is 0 Å². The lowest BCUT2D eigenvalue weighted by Gasteiger charge is -2.34. The number of nitrogens with two attached hydrogens (primary N) is 1. The van der Waals surface area contributed by atoms with Gasteiger partial charge in [-0.05, 0) is 36.3 Å². The van der Waals surface area contributed by atoms with E-state index >= 15 is 0 Å². The maximum absolute atomic E-state index is 13.1. The average molecular weight is 222 g/mol. The minimum Gasteiger partial charge on any atom is -0.323 e. The van der Waals surface area contributed by atoms with E-state index in [1.54, 1.807) is 6.20 Å². The minimum atomic E-state index is -0.294. The molecule has 0 aliphatic heterocycles. The standard InChI is InChI=1S/C13H19FN2/c1-2-13(5-3-4-6-13)12(15)10-7-11(14)9-16-8-10/h7-9,12H,2-6,15H2,1H3. The predicted molar refractivity (Wildman–Crippen MR) is 62.3 cm³/mol. The van der Waals surface area contributed by atoms with Gasteiger partial charge in [0.2, 0.25) is 0 Å². The van der Waals surface area contributed by atoms with Crippen LogP contribution in [0.3, 0.4) is 0 Å². The van der Waals surface area contributed by atoms with Gasteiger partial charge in [0.25, 0.3) is 0 Å². The molecule has 1 atom stereocenters. The molecule has 0 amide bonds. The Kier molecular flexibility index (Phi) is 3.24. The van der Waals surface area contributed by atoms with E-state index < -0.39 is 0 Å². The van der Waals surface area contributed by atoms with Crippen molar-refractivity contribution in [1.82, 2.24) is 4.98 Å². The largest absolute Gasteiger partial charge is 0.323 e. The van der Waals surface area contributed by atoms with E-state index in [0.717, 1.165) is 24.8 Å². The first-order valence-corrected chi connectivity index (χ1v) is 6.04. The van der Waals surface area contributed by atoms with Crippen molar-refractivity contribution in [3.8, 4) is 0 Å². The molecule has 1 aromatic rings. The van der Waals surface area contributed by atoms with Crippen LogP contribution in [0, 0.1) is 11.2 Å². The van der Waals surface area contributed by atoms with Crippen molar-refractivity contribution in [3.63, 3.8) is 0 Å². The maximum Gasteiger partial charge on any atom is 0.141 e. The first-order chi connectivity index (χ1) is 7.68. The number of nitrogens with zero attached hydrogens (tertiary/aromatic N) is 1. The van der Waals surface area contributed by atoms with Gasteiger partial charge in [0.15, 0.2) is 0 Å². The van der Waals surface area contributed by atoms with Crippen molar-refractivity contribution in [1.29, 1.82) is 0 Å². The number of hydrogen-bond acceptors (Lipinski definition) is 2. The Morgan fingerprint density at radius 3 is 2.69 bits per heavy atom. The van der Waals surface area contributed by atoms with E-state index in [2.05, 4.69) is 11.9 Å². The molecule has 0 radical (unpaired) electrons. The van der Waals surface area contributed by atoms with Crippen LogP contribution in [0.25, 0.3) is 0 Å². The monoisotopic (exact) mass is 222 g/mol. The van der Waals surface area contributed by atoms with Gasteiger partial charge in [0, 0.05) is 12.2 Å². The van der Waals surface area contributed by atoms with E-state index in [9.17, 15) is 4.39 Å². The molecule has 2 nitrogen and oxygen atoms in total. The summed E-state index contributed by atoms with van der Waals surface area (Å²) in [6, 6.07) is 1.44. The van der Waals surface area contributed by atoms with Crippen LogP contribution in [0.5, 0.6) is 0 Å². The molecule has 1 aliphatic rings. The molecule has 2 N–H and O–H groups in total. The molecule has 1 heterocycles. The van der Waals surface area contributed by atoms with Crippen molar-refractivity contribution in [2.24, 2.45) is 11.1 Å². The van der Waals surface area contributed by atoms with E-state index in [1.807, 2.05) is 0 Å². The smallest absolute Gasteiger partial charge is 0.141 e. The van der Waals surface area contributed by atoms with Crippen LogP contribution in [0.2, 0.25) is 0 Å². The van der Waals surface area contributed by atoms with Crippen molar-refractivity contribution in [3.05, 3.63) is 29.8 Å². The SMILES string of the molecule is CCC1(C(N)c2cncc(F)c2)CCCC1. The predicted octanol–water partition coefficient (Wildman–Crippen LogP) is 3.19. The second-order valence-corrected chi connectivity index (χ2v) is 4.84. The highest BCUT2D eigenvalue weighted by Crippen LogP contribution is 2.48. The highest BCUT2D eigenvalue weighted by Gasteiger charge is 2.38. The van der Waals surface area contributed by atoms with Gasteiger partial charge in [-0.3, -0.25) is 4.98 Å². The molecule has 88 valence electrons. The molecular weight excluding hydrogens is 203 g/mol. The second-order valence-electron chi connectivity index (χ2n) is 4.84. The number of aromatic nitrogens is 1. The van der Waals surface area contributed by atoms with Gasteiger partial charge in [-0.15, -0.1) is 0 Å². The Bertz CT molecular complexity index is 359. The Labute approximate surface area is 96.1 Å². The van der Waals surface area contributed by atoms with Crippen LogP contribution in [0.15, 0.2) is 18.5 Å². The number of hydrogen-bond donors (Lipinski definition) is 1. The van der Waals surface area contributed by atoms with Crippen LogP contribution in [-0.4, -0.2) is 4.98 Å². The van der Waals surface area contributed by atoms with Gasteiger partial charge >= 0.3 is 0 Å². The van der Waals surface area contributed by atoms with Crippen LogP contribution in [0.1, 0.15) is 50.6 Å². The highest BCUT2D eigenvalue weighted by molar-refractivity contribution is 5.18. The Balaban J connectivity index is 2.26. The van der Waals surface area contributed by atoms with E-state index in [1.165, 1.54) is 25.1 Å². The molecule has 16 heavy (non-hydrogen) atoms. The topological polar surface area (TPSA) is 38.9 Å². The molecule has 1 fully saturated rings. The van der Waals surface area contributed by atoms with Crippen LogP contribution in [-0.2, 0) is 0 Å². The summed E-state index contributed by atoms with van der Waals surface area (Å²) in [5, 5.41) is 0. The Morgan fingerprint density at radius 2 is 2.12 bits per heavy atom. The maximum atomic E-state index is 13.1. The van der Waals surface area contributed by atoms with E-state index in [0.29, 0.717) is 0 Å². The first kappa shape index (κ1) is 11.5. The molecule has 1 saturated carbocycles. The van der Waals surface area contributed by atoms with Gasteiger partial charge in [-0.1, -0.05) is 19.8 Å². The van der Waals surface area contributed by atoms with Crippen LogP contribution < -0.4 is 5.73 Å². The van der Waals surface area contributed by atoms with Gasteiger partial charge in [0.1, 0.15) is 5.82 Å². The van der Waals surface area contributed by atoms with Crippen molar-refractivity contribution >= 4 is 0 Å². The zero-order chi connectivity index (χ0) is 11.6. The summed E-state index contributed by atoms with van der Waals surface area (Å²) in [6.45, 7) is 2.18. The summed E-state index contributed by atoms with van der Waals surface area (Å²) in [7, 11) is 0. The number of pyridine rings is 1. The normalized spacial score (nSPS) is 20.9. The summed E-state index contributed by atoms with van der Waals surface area (Å²) in [5.74, 6) is -0.294. The Hall–Kier alpha value is -0.960. The fourth-order valence-corrected chi connectivity index (χ4v) is 2.92. The fraction of sp³-hybridized carbons (Fsp3) is 0.615. The molecule has 2 rings (SSSR count). The lowest BCUT2D eigenvalue weighted by Crippen LogP contribution is -2.31. The molecule has 0 spiro atoms. The summed E-state index contributed by atoms with van der Waals surface area (Å²) >= 11 is 0. The zero-order valence-electron chi connectivity index (χ0n) is 9.75. The highest BCUT2D eigenvalue weighted by atomic mass is 19.1. The average Bonchev–Trinajstić information content (AvgIpc) is 2.78. The van der Waals surface area contributed by atoms with Crippen LogP contribution >= 0.6 is 0 Å². The van der Waals surface area contributed by atoms with Crippen LogP contribution in [0.4, 0.5) is 4.39 Å². The fourth-order valence-electron chi connectivity index (χ4n) is 2.92. The molecule has 3 heteroatoms.